The van der Waals surface area contributed by atoms with Crippen molar-refractivity contribution in [2.45, 2.75) is 19.9 Å². The van der Waals surface area contributed by atoms with Gasteiger partial charge in [0.25, 0.3) is 5.91 Å². The lowest BCUT2D eigenvalue weighted by Crippen LogP contribution is -2.29. The Bertz CT molecular complexity index is 893. The second-order valence-corrected chi connectivity index (χ2v) is 6.48. The van der Waals surface area contributed by atoms with Crippen LogP contribution in [0.3, 0.4) is 0 Å². The Balaban J connectivity index is 1.97. The van der Waals surface area contributed by atoms with E-state index in [1.54, 1.807) is 36.7 Å². The van der Waals surface area contributed by atoms with Crippen LogP contribution in [0, 0.1) is 13.8 Å². The highest BCUT2D eigenvalue weighted by atomic mass is 35.5. The summed E-state index contributed by atoms with van der Waals surface area (Å²) in [5.74, 6) is -0.172. The van der Waals surface area contributed by atoms with Gasteiger partial charge in [-0.2, -0.15) is 0 Å². The van der Waals surface area contributed by atoms with Gasteiger partial charge in [-0.1, -0.05) is 41.9 Å². The van der Waals surface area contributed by atoms with Crippen molar-refractivity contribution < 1.29 is 4.79 Å². The van der Waals surface area contributed by atoms with E-state index in [0.717, 1.165) is 11.1 Å². The molecule has 0 aliphatic heterocycles. The molecule has 0 spiro atoms. The fourth-order valence-electron chi connectivity index (χ4n) is 2.69. The summed E-state index contributed by atoms with van der Waals surface area (Å²) in [4.78, 5) is 16.9. The largest absolute Gasteiger partial charge is 0.341 e. The van der Waals surface area contributed by atoms with Gasteiger partial charge in [0.1, 0.15) is 0 Å². The third kappa shape index (κ3) is 4.06. The summed E-state index contributed by atoms with van der Waals surface area (Å²) in [6.45, 7) is 4.14. The third-order valence-corrected chi connectivity index (χ3v) is 4.48. The first-order valence-corrected chi connectivity index (χ1v) is 8.46. The van der Waals surface area contributed by atoms with Crippen molar-refractivity contribution in [3.8, 4) is 0 Å². The Hall–Kier alpha value is -2.65. The van der Waals surface area contributed by atoms with Crippen molar-refractivity contribution in [1.82, 2.24) is 10.3 Å². The first-order valence-electron chi connectivity index (χ1n) is 8.08. The van der Waals surface area contributed by atoms with Crippen LogP contribution in [-0.2, 0) is 0 Å². The molecule has 1 heterocycles. The monoisotopic (exact) mass is 350 g/mol. The minimum atomic E-state index is -0.278. The number of halogens is 1. The van der Waals surface area contributed by atoms with Crippen LogP contribution in [0.25, 0.3) is 0 Å². The van der Waals surface area contributed by atoms with Crippen molar-refractivity contribution in [2.24, 2.45) is 0 Å². The molecule has 0 saturated heterocycles. The minimum Gasteiger partial charge on any atom is -0.341 e. The Labute approximate surface area is 152 Å². The first-order chi connectivity index (χ1) is 12.0. The molecule has 3 rings (SSSR count). The second kappa shape index (κ2) is 7.49. The Morgan fingerprint density at radius 1 is 1.00 bits per heavy atom. The number of hydrogen-bond acceptors (Lipinski definition) is 2. The maximum atomic E-state index is 12.7. The van der Waals surface area contributed by atoms with Crippen molar-refractivity contribution in [3.63, 3.8) is 0 Å². The van der Waals surface area contributed by atoms with Crippen molar-refractivity contribution >= 4 is 17.5 Å². The molecule has 0 radical (unpaired) electrons. The number of aryl methyl sites for hydroxylation is 2. The second-order valence-electron chi connectivity index (χ2n) is 6.05. The first kappa shape index (κ1) is 17.2. The number of carbonyl (C=O) groups excluding carboxylic acids is 1. The highest BCUT2D eigenvalue weighted by molar-refractivity contribution is 6.30. The lowest BCUT2D eigenvalue weighted by Gasteiger charge is -2.20. The van der Waals surface area contributed by atoms with Crippen LogP contribution in [0.1, 0.15) is 38.7 Å². The summed E-state index contributed by atoms with van der Waals surface area (Å²) in [7, 11) is 0. The van der Waals surface area contributed by atoms with Crippen LogP contribution in [0.5, 0.6) is 0 Å². The van der Waals surface area contributed by atoms with E-state index in [1.807, 2.05) is 18.2 Å². The normalized spacial score (nSPS) is 11.8. The van der Waals surface area contributed by atoms with Gasteiger partial charge in [0, 0.05) is 23.0 Å². The molecule has 2 aromatic carbocycles. The molecule has 0 bridgehead atoms. The molecule has 1 unspecified atom stereocenters. The summed E-state index contributed by atoms with van der Waals surface area (Å²) in [6.07, 6.45) is 3.50. The zero-order valence-electron chi connectivity index (χ0n) is 14.2. The number of aromatic nitrogens is 1. The number of pyridine rings is 1. The number of hydrogen-bond donors (Lipinski definition) is 1. The third-order valence-electron chi connectivity index (χ3n) is 4.24. The molecule has 0 fully saturated rings. The predicted molar refractivity (Wildman–Crippen MR) is 101 cm³/mol. The zero-order chi connectivity index (χ0) is 17.8. The highest BCUT2D eigenvalue weighted by Gasteiger charge is 2.18. The Morgan fingerprint density at radius 3 is 2.52 bits per heavy atom. The summed E-state index contributed by atoms with van der Waals surface area (Å²) in [5.41, 5.74) is 4.89. The SMILES string of the molecule is Cc1ccc(C(NC(=O)c2cccc(Cl)c2)c2cccnc2)cc1C. The van der Waals surface area contributed by atoms with E-state index in [2.05, 4.69) is 36.3 Å². The molecular weight excluding hydrogens is 332 g/mol. The fraction of sp³-hybridized carbons (Fsp3) is 0.143. The van der Waals surface area contributed by atoms with E-state index in [1.165, 1.54) is 11.1 Å². The molecule has 25 heavy (non-hydrogen) atoms. The molecule has 3 aromatic rings. The number of amides is 1. The van der Waals surface area contributed by atoms with Gasteiger partial charge in [0.05, 0.1) is 6.04 Å². The summed E-state index contributed by atoms with van der Waals surface area (Å²) >= 11 is 6.01. The lowest BCUT2D eigenvalue weighted by molar-refractivity contribution is 0.0943. The van der Waals surface area contributed by atoms with E-state index < -0.39 is 0 Å². The molecule has 0 saturated carbocycles. The Morgan fingerprint density at radius 2 is 1.84 bits per heavy atom. The molecule has 4 heteroatoms. The van der Waals surface area contributed by atoms with E-state index in [-0.39, 0.29) is 11.9 Å². The molecule has 1 atom stereocenters. The average Bonchev–Trinajstić information content (AvgIpc) is 2.62. The van der Waals surface area contributed by atoms with E-state index in [0.29, 0.717) is 10.6 Å². The van der Waals surface area contributed by atoms with Crippen LogP contribution >= 0.6 is 11.6 Å². The van der Waals surface area contributed by atoms with Crippen LogP contribution in [0.15, 0.2) is 67.0 Å². The van der Waals surface area contributed by atoms with Gasteiger partial charge >= 0.3 is 0 Å². The zero-order valence-corrected chi connectivity index (χ0v) is 14.9. The number of benzene rings is 2. The molecule has 1 aromatic heterocycles. The molecule has 3 nitrogen and oxygen atoms in total. The standard InChI is InChI=1S/C21H19ClN2O/c1-14-8-9-16(11-15(14)2)20(18-6-4-10-23-13-18)24-21(25)17-5-3-7-19(22)12-17/h3-13,20H,1-2H3,(H,24,25). The predicted octanol–water partition coefficient (Wildman–Crippen LogP) is 4.87. The van der Waals surface area contributed by atoms with Crippen LogP contribution < -0.4 is 5.32 Å². The van der Waals surface area contributed by atoms with Gasteiger partial charge in [-0.05, 0) is 60.4 Å². The topological polar surface area (TPSA) is 42.0 Å². The quantitative estimate of drug-likeness (QED) is 0.729. The van der Waals surface area contributed by atoms with Crippen LogP contribution in [-0.4, -0.2) is 10.9 Å². The van der Waals surface area contributed by atoms with Gasteiger partial charge in [0.2, 0.25) is 0 Å². The molecule has 0 aliphatic rings. The Kier molecular flexibility index (Phi) is 5.15. The van der Waals surface area contributed by atoms with Gasteiger partial charge in [-0.15, -0.1) is 0 Å². The summed E-state index contributed by atoms with van der Waals surface area (Å²) in [6, 6.07) is 16.7. The van der Waals surface area contributed by atoms with Gasteiger partial charge in [0.15, 0.2) is 0 Å². The fourth-order valence-corrected chi connectivity index (χ4v) is 2.88. The van der Waals surface area contributed by atoms with Crippen LogP contribution in [0.4, 0.5) is 0 Å². The summed E-state index contributed by atoms with van der Waals surface area (Å²) < 4.78 is 0. The molecule has 0 aliphatic carbocycles. The van der Waals surface area contributed by atoms with Gasteiger partial charge in [-0.25, -0.2) is 0 Å². The van der Waals surface area contributed by atoms with Crippen LogP contribution in [0.2, 0.25) is 5.02 Å². The molecular formula is C21H19ClN2O. The highest BCUT2D eigenvalue weighted by Crippen LogP contribution is 2.24. The lowest BCUT2D eigenvalue weighted by atomic mass is 9.96. The van der Waals surface area contributed by atoms with E-state index >= 15 is 0 Å². The number of nitrogens with one attached hydrogen (secondary N) is 1. The maximum Gasteiger partial charge on any atom is 0.252 e. The molecule has 1 N–H and O–H groups in total. The number of rotatable bonds is 4. The minimum absolute atomic E-state index is 0.172. The smallest absolute Gasteiger partial charge is 0.252 e. The summed E-state index contributed by atoms with van der Waals surface area (Å²) in [5, 5.41) is 3.64. The van der Waals surface area contributed by atoms with Gasteiger partial charge < -0.3 is 5.32 Å². The number of carbonyl (C=O) groups is 1. The average molecular weight is 351 g/mol. The van der Waals surface area contributed by atoms with Crippen molar-refractivity contribution in [2.75, 3.05) is 0 Å². The maximum absolute atomic E-state index is 12.7. The number of nitrogens with zero attached hydrogens (tertiary/aromatic N) is 1. The molecule has 1 amide bonds. The molecule has 126 valence electrons. The van der Waals surface area contributed by atoms with E-state index in [4.69, 9.17) is 11.6 Å². The van der Waals surface area contributed by atoms with Gasteiger partial charge in [-0.3, -0.25) is 9.78 Å². The van der Waals surface area contributed by atoms with Crippen molar-refractivity contribution in [3.05, 3.63) is 99.8 Å². The van der Waals surface area contributed by atoms with Crippen molar-refractivity contribution in [1.29, 1.82) is 0 Å². The van der Waals surface area contributed by atoms with E-state index in [9.17, 15) is 4.79 Å².